The molecule has 0 spiro atoms. The van der Waals surface area contributed by atoms with E-state index in [2.05, 4.69) is 13.0 Å². The molecule has 0 fully saturated rings. The predicted octanol–water partition coefficient (Wildman–Crippen LogP) is 4.02. The highest BCUT2D eigenvalue weighted by atomic mass is 35.5. The van der Waals surface area contributed by atoms with Gasteiger partial charge in [-0.15, -0.1) is 0 Å². The topological polar surface area (TPSA) is 17.1 Å². The van der Waals surface area contributed by atoms with E-state index in [1.807, 2.05) is 24.3 Å². The van der Waals surface area contributed by atoms with Gasteiger partial charge in [0.05, 0.1) is 7.80 Å². The quantitative estimate of drug-likeness (QED) is 0.576. The first-order valence-corrected chi connectivity index (χ1v) is 7.47. The monoisotopic (exact) mass is 242 g/mol. The first-order chi connectivity index (χ1) is 7.08. The molecule has 0 radical (unpaired) electrons. The molecule has 1 atom stereocenters. The number of hydrogen-bond donors (Lipinski definition) is 0. The SMILES string of the molecule is CC(=CC[PH](C)=O)Cc1ccc(Cl)cc1. The molecule has 0 heterocycles. The molecule has 1 aromatic carbocycles. The van der Waals surface area contributed by atoms with E-state index in [4.69, 9.17) is 11.6 Å². The van der Waals surface area contributed by atoms with Gasteiger partial charge in [0.2, 0.25) is 0 Å². The Labute approximate surface area is 96.9 Å². The molecule has 0 saturated carbocycles. The summed E-state index contributed by atoms with van der Waals surface area (Å²) < 4.78 is 11.0. The second-order valence-electron chi connectivity index (χ2n) is 3.76. The number of allylic oxidation sites excluding steroid dienone is 2. The molecule has 0 saturated heterocycles. The van der Waals surface area contributed by atoms with E-state index in [0.29, 0.717) is 6.16 Å². The highest BCUT2D eigenvalue weighted by Gasteiger charge is 1.95. The Morgan fingerprint density at radius 1 is 1.40 bits per heavy atom. The lowest BCUT2D eigenvalue weighted by Gasteiger charge is -2.02. The van der Waals surface area contributed by atoms with Crippen molar-refractivity contribution < 1.29 is 4.57 Å². The van der Waals surface area contributed by atoms with Crippen LogP contribution >= 0.6 is 19.4 Å². The second-order valence-corrected chi connectivity index (χ2v) is 6.01. The molecular weight excluding hydrogens is 227 g/mol. The Morgan fingerprint density at radius 3 is 2.53 bits per heavy atom. The minimum absolute atomic E-state index is 0.712. The summed E-state index contributed by atoms with van der Waals surface area (Å²) in [5, 5.41) is 0.763. The smallest absolute Gasteiger partial charge is 0.0768 e. The molecule has 3 heteroatoms. The molecular formula is C12H16ClOP. The normalized spacial score (nSPS) is 13.9. The van der Waals surface area contributed by atoms with E-state index in [1.165, 1.54) is 11.1 Å². The predicted molar refractivity (Wildman–Crippen MR) is 68.7 cm³/mol. The summed E-state index contributed by atoms with van der Waals surface area (Å²) in [5.41, 5.74) is 2.50. The molecule has 15 heavy (non-hydrogen) atoms. The van der Waals surface area contributed by atoms with Crippen LogP contribution in [-0.4, -0.2) is 12.8 Å². The van der Waals surface area contributed by atoms with Crippen molar-refractivity contribution in [3.63, 3.8) is 0 Å². The van der Waals surface area contributed by atoms with Gasteiger partial charge in [-0.25, -0.2) is 0 Å². The van der Waals surface area contributed by atoms with Crippen molar-refractivity contribution in [3.05, 3.63) is 46.5 Å². The molecule has 0 amide bonds. The lowest BCUT2D eigenvalue weighted by atomic mass is 10.1. The lowest BCUT2D eigenvalue weighted by molar-refractivity contribution is 0.592. The zero-order valence-electron chi connectivity index (χ0n) is 9.09. The van der Waals surface area contributed by atoms with E-state index in [0.717, 1.165) is 11.4 Å². The third-order valence-corrected chi connectivity index (χ3v) is 3.17. The van der Waals surface area contributed by atoms with Crippen LogP contribution in [0.3, 0.4) is 0 Å². The van der Waals surface area contributed by atoms with Crippen LogP contribution in [-0.2, 0) is 11.0 Å². The summed E-state index contributed by atoms with van der Waals surface area (Å²) in [6.45, 7) is 3.86. The van der Waals surface area contributed by atoms with E-state index < -0.39 is 7.80 Å². The zero-order chi connectivity index (χ0) is 11.3. The van der Waals surface area contributed by atoms with Crippen LogP contribution in [0.4, 0.5) is 0 Å². The van der Waals surface area contributed by atoms with Crippen molar-refractivity contribution in [3.8, 4) is 0 Å². The molecule has 0 aromatic heterocycles. The van der Waals surface area contributed by atoms with Gasteiger partial charge in [-0.3, -0.25) is 0 Å². The first-order valence-electron chi connectivity index (χ1n) is 4.97. The summed E-state index contributed by atoms with van der Waals surface area (Å²) in [6.07, 6.45) is 3.69. The molecule has 1 unspecified atom stereocenters. The zero-order valence-corrected chi connectivity index (χ0v) is 10.8. The van der Waals surface area contributed by atoms with Crippen molar-refractivity contribution in [2.45, 2.75) is 13.3 Å². The van der Waals surface area contributed by atoms with Gasteiger partial charge in [0.15, 0.2) is 0 Å². The minimum atomic E-state index is -1.38. The largest absolute Gasteiger partial charge is 0.327 e. The average molecular weight is 243 g/mol. The molecule has 1 rings (SSSR count). The summed E-state index contributed by atoms with van der Waals surface area (Å²) >= 11 is 5.80. The summed E-state index contributed by atoms with van der Waals surface area (Å²) in [4.78, 5) is 0. The van der Waals surface area contributed by atoms with Crippen molar-refractivity contribution in [1.82, 2.24) is 0 Å². The van der Waals surface area contributed by atoms with Crippen LogP contribution < -0.4 is 0 Å². The Hall–Kier alpha value is -0.520. The van der Waals surface area contributed by atoms with Gasteiger partial charge in [-0.1, -0.05) is 35.4 Å². The van der Waals surface area contributed by atoms with Gasteiger partial charge < -0.3 is 4.57 Å². The van der Waals surface area contributed by atoms with Gasteiger partial charge in [0.25, 0.3) is 0 Å². The summed E-state index contributed by atoms with van der Waals surface area (Å²) in [6, 6.07) is 7.84. The Morgan fingerprint density at radius 2 is 2.00 bits per heavy atom. The molecule has 1 aromatic rings. The number of halogens is 1. The molecule has 0 N–H and O–H groups in total. The molecule has 0 aliphatic heterocycles. The van der Waals surface area contributed by atoms with E-state index in [1.54, 1.807) is 6.66 Å². The van der Waals surface area contributed by atoms with Gasteiger partial charge in [-0.2, -0.15) is 0 Å². The summed E-state index contributed by atoms with van der Waals surface area (Å²) in [5.74, 6) is 0. The highest BCUT2D eigenvalue weighted by molar-refractivity contribution is 7.43. The van der Waals surface area contributed by atoms with Gasteiger partial charge in [0, 0.05) is 11.2 Å². The Kier molecular flexibility index (Phi) is 5.14. The molecule has 1 nitrogen and oxygen atoms in total. The van der Waals surface area contributed by atoms with Crippen molar-refractivity contribution >= 4 is 19.4 Å². The fourth-order valence-corrected chi connectivity index (χ4v) is 2.08. The van der Waals surface area contributed by atoms with Gasteiger partial charge in [-0.05, 0) is 37.7 Å². The Balaban J connectivity index is 2.58. The fourth-order valence-electron chi connectivity index (χ4n) is 1.31. The third kappa shape index (κ3) is 5.20. The van der Waals surface area contributed by atoms with E-state index in [-0.39, 0.29) is 0 Å². The van der Waals surface area contributed by atoms with Crippen LogP contribution in [0, 0.1) is 0 Å². The van der Waals surface area contributed by atoms with E-state index >= 15 is 0 Å². The lowest BCUT2D eigenvalue weighted by Crippen LogP contribution is -1.87. The van der Waals surface area contributed by atoms with Crippen LogP contribution in [0.2, 0.25) is 5.02 Å². The number of rotatable bonds is 4. The third-order valence-electron chi connectivity index (χ3n) is 2.13. The van der Waals surface area contributed by atoms with Gasteiger partial charge in [0.1, 0.15) is 0 Å². The molecule has 82 valence electrons. The van der Waals surface area contributed by atoms with Crippen molar-refractivity contribution in [2.75, 3.05) is 12.8 Å². The van der Waals surface area contributed by atoms with Crippen LogP contribution in [0.1, 0.15) is 12.5 Å². The molecule has 0 aliphatic rings. The first kappa shape index (κ1) is 12.5. The number of hydrogen-bond acceptors (Lipinski definition) is 1. The standard InChI is InChI=1S/C12H16ClOP/c1-10(7-8-15(2)14)9-11-3-5-12(13)6-4-11/h3-7,15H,8-9H2,1-2H3. The van der Waals surface area contributed by atoms with Gasteiger partial charge >= 0.3 is 0 Å². The number of benzene rings is 1. The second kappa shape index (κ2) is 6.15. The average Bonchev–Trinajstić information content (AvgIpc) is 2.19. The maximum atomic E-state index is 11.0. The van der Waals surface area contributed by atoms with Crippen molar-refractivity contribution in [1.29, 1.82) is 0 Å². The van der Waals surface area contributed by atoms with Crippen LogP contribution in [0.15, 0.2) is 35.9 Å². The Bertz CT molecular complexity index is 368. The minimum Gasteiger partial charge on any atom is -0.327 e. The van der Waals surface area contributed by atoms with Crippen LogP contribution in [0.25, 0.3) is 0 Å². The van der Waals surface area contributed by atoms with Crippen molar-refractivity contribution in [2.24, 2.45) is 0 Å². The highest BCUT2D eigenvalue weighted by Crippen LogP contribution is 2.16. The maximum absolute atomic E-state index is 11.0. The van der Waals surface area contributed by atoms with E-state index in [9.17, 15) is 4.57 Å². The summed E-state index contributed by atoms with van der Waals surface area (Å²) in [7, 11) is -1.38. The molecule has 0 aliphatic carbocycles. The molecule has 0 bridgehead atoms. The van der Waals surface area contributed by atoms with Crippen LogP contribution in [0.5, 0.6) is 0 Å². The maximum Gasteiger partial charge on any atom is 0.0768 e. The fraction of sp³-hybridized carbons (Fsp3) is 0.333.